The van der Waals surface area contributed by atoms with E-state index in [1.807, 2.05) is 0 Å². The number of nitrogens with one attached hydrogen (secondary N) is 2. The third-order valence-electron chi connectivity index (χ3n) is 3.25. The van der Waals surface area contributed by atoms with Crippen LogP contribution in [0.3, 0.4) is 0 Å². The van der Waals surface area contributed by atoms with Gasteiger partial charge in [0.1, 0.15) is 5.75 Å². The van der Waals surface area contributed by atoms with E-state index in [1.165, 1.54) is 24.3 Å². The number of hydrogen-bond acceptors (Lipinski definition) is 3. The van der Waals surface area contributed by atoms with Crippen molar-refractivity contribution in [3.63, 3.8) is 0 Å². The molecule has 0 radical (unpaired) electrons. The van der Waals surface area contributed by atoms with Crippen molar-refractivity contribution in [1.29, 1.82) is 0 Å². The Morgan fingerprint density at radius 1 is 1.29 bits per heavy atom. The van der Waals surface area contributed by atoms with Crippen LogP contribution in [-0.4, -0.2) is 31.9 Å². The largest absolute Gasteiger partial charge is 0.573 e. The topological polar surface area (TPSA) is 50.4 Å². The molecule has 0 spiro atoms. The minimum atomic E-state index is -4.68. The van der Waals surface area contributed by atoms with Crippen molar-refractivity contribution in [2.75, 3.05) is 19.6 Å². The molecule has 0 atom stereocenters. The minimum Gasteiger partial charge on any atom is -0.406 e. The first-order chi connectivity index (χ1) is 9.92. The van der Waals surface area contributed by atoms with E-state index in [0.717, 1.165) is 18.7 Å². The zero-order valence-electron chi connectivity index (χ0n) is 11.4. The summed E-state index contributed by atoms with van der Waals surface area (Å²) < 4.78 is 39.8. The van der Waals surface area contributed by atoms with Crippen molar-refractivity contribution in [2.45, 2.75) is 19.2 Å². The van der Waals surface area contributed by atoms with Crippen LogP contribution in [-0.2, 0) is 11.2 Å². The fourth-order valence-electron chi connectivity index (χ4n) is 1.96. The molecule has 1 amide bonds. The van der Waals surface area contributed by atoms with E-state index in [9.17, 15) is 18.0 Å². The Morgan fingerprint density at radius 3 is 2.48 bits per heavy atom. The molecule has 21 heavy (non-hydrogen) atoms. The molecule has 1 aliphatic rings. The number of benzene rings is 1. The van der Waals surface area contributed by atoms with Crippen molar-refractivity contribution in [3.8, 4) is 5.75 Å². The lowest BCUT2D eigenvalue weighted by molar-refractivity contribution is -0.274. The van der Waals surface area contributed by atoms with E-state index in [2.05, 4.69) is 15.4 Å². The first kappa shape index (κ1) is 15.6. The van der Waals surface area contributed by atoms with Gasteiger partial charge in [-0.05, 0) is 24.1 Å². The molecule has 1 saturated heterocycles. The van der Waals surface area contributed by atoms with Crippen molar-refractivity contribution in [3.05, 3.63) is 29.8 Å². The quantitative estimate of drug-likeness (QED) is 0.843. The van der Waals surface area contributed by atoms with Gasteiger partial charge in [-0.3, -0.25) is 4.79 Å². The second kappa shape index (κ2) is 6.80. The second-order valence-electron chi connectivity index (χ2n) is 5.02. The van der Waals surface area contributed by atoms with Gasteiger partial charge in [-0.2, -0.15) is 0 Å². The molecule has 0 aromatic heterocycles. The van der Waals surface area contributed by atoms with Crippen LogP contribution in [0.15, 0.2) is 24.3 Å². The summed E-state index contributed by atoms with van der Waals surface area (Å²) in [6.45, 7) is 2.53. The first-order valence-electron chi connectivity index (χ1n) is 6.74. The number of carbonyl (C=O) groups is 1. The van der Waals surface area contributed by atoms with Crippen molar-refractivity contribution >= 4 is 5.91 Å². The van der Waals surface area contributed by atoms with Gasteiger partial charge in [0.05, 0.1) is 0 Å². The van der Waals surface area contributed by atoms with Crippen LogP contribution < -0.4 is 15.4 Å². The highest BCUT2D eigenvalue weighted by atomic mass is 19.4. The minimum absolute atomic E-state index is 0.0440. The van der Waals surface area contributed by atoms with Gasteiger partial charge in [0.2, 0.25) is 5.91 Å². The Morgan fingerprint density at radius 2 is 1.95 bits per heavy atom. The molecular weight excluding hydrogens is 285 g/mol. The number of carbonyl (C=O) groups excluding carboxylic acids is 1. The first-order valence-corrected chi connectivity index (χ1v) is 6.74. The predicted molar refractivity (Wildman–Crippen MR) is 70.8 cm³/mol. The molecule has 0 unspecified atom stereocenters. The van der Waals surface area contributed by atoms with Crippen LogP contribution in [0.1, 0.15) is 12.0 Å². The molecule has 116 valence electrons. The summed E-state index contributed by atoms with van der Waals surface area (Å²) in [5.41, 5.74) is 0.796. The Bertz CT molecular complexity index is 470. The van der Waals surface area contributed by atoms with E-state index in [0.29, 0.717) is 25.3 Å². The fraction of sp³-hybridized carbons (Fsp3) is 0.500. The van der Waals surface area contributed by atoms with Crippen LogP contribution in [0.5, 0.6) is 5.75 Å². The summed E-state index contributed by atoms with van der Waals surface area (Å²) in [5.74, 6) is 0.207. The molecule has 7 heteroatoms. The SMILES string of the molecule is O=C(CCc1ccc(OC(F)(F)F)cc1)NCC1CNC1. The van der Waals surface area contributed by atoms with Gasteiger partial charge in [-0.15, -0.1) is 13.2 Å². The Kier molecular flexibility index (Phi) is 5.06. The zero-order chi connectivity index (χ0) is 15.3. The number of rotatable bonds is 6. The summed E-state index contributed by atoms with van der Waals surface area (Å²) >= 11 is 0. The smallest absolute Gasteiger partial charge is 0.406 e. The molecule has 0 bridgehead atoms. The molecule has 1 aromatic rings. The summed E-state index contributed by atoms with van der Waals surface area (Å²) in [6, 6.07) is 5.57. The zero-order valence-corrected chi connectivity index (χ0v) is 11.4. The third kappa shape index (κ3) is 5.63. The van der Waals surface area contributed by atoms with E-state index in [1.54, 1.807) is 0 Å². The third-order valence-corrected chi connectivity index (χ3v) is 3.25. The van der Waals surface area contributed by atoms with Gasteiger partial charge in [0, 0.05) is 32.0 Å². The average Bonchev–Trinajstić information content (AvgIpc) is 2.34. The van der Waals surface area contributed by atoms with Crippen LogP contribution in [0.4, 0.5) is 13.2 Å². The maximum atomic E-state index is 12.0. The summed E-state index contributed by atoms with van der Waals surface area (Å²) in [6.07, 6.45) is -3.88. The molecular formula is C14H17F3N2O2. The second-order valence-corrected chi connectivity index (χ2v) is 5.02. The standard InChI is InChI=1S/C14H17F3N2O2/c15-14(16,17)21-12-4-1-10(2-5-12)3-6-13(20)19-9-11-7-18-8-11/h1-2,4-5,11,18H,3,6-9H2,(H,19,20). The lowest BCUT2D eigenvalue weighted by Crippen LogP contribution is -2.48. The molecule has 1 aromatic carbocycles. The molecule has 1 aliphatic heterocycles. The Labute approximate surface area is 120 Å². The van der Waals surface area contributed by atoms with Crippen molar-refractivity contribution < 1.29 is 22.7 Å². The van der Waals surface area contributed by atoms with Crippen molar-refractivity contribution in [1.82, 2.24) is 10.6 Å². The van der Waals surface area contributed by atoms with Gasteiger partial charge in [-0.25, -0.2) is 0 Å². The van der Waals surface area contributed by atoms with Crippen LogP contribution >= 0.6 is 0 Å². The normalized spacial score (nSPS) is 15.4. The van der Waals surface area contributed by atoms with Gasteiger partial charge in [0.25, 0.3) is 0 Å². The van der Waals surface area contributed by atoms with E-state index in [4.69, 9.17) is 0 Å². The number of hydrogen-bond donors (Lipinski definition) is 2. The predicted octanol–water partition coefficient (Wildman–Crippen LogP) is 1.85. The van der Waals surface area contributed by atoms with E-state index >= 15 is 0 Å². The monoisotopic (exact) mass is 302 g/mol. The lowest BCUT2D eigenvalue weighted by atomic mass is 10.0. The van der Waals surface area contributed by atoms with Crippen LogP contribution in [0, 0.1) is 5.92 Å². The number of amides is 1. The maximum Gasteiger partial charge on any atom is 0.573 e. The molecule has 1 heterocycles. The number of alkyl halides is 3. The molecule has 2 N–H and O–H groups in total. The molecule has 1 fully saturated rings. The number of aryl methyl sites for hydroxylation is 1. The highest BCUT2D eigenvalue weighted by Crippen LogP contribution is 2.22. The van der Waals surface area contributed by atoms with Gasteiger partial charge >= 0.3 is 6.36 Å². The van der Waals surface area contributed by atoms with Crippen LogP contribution in [0.2, 0.25) is 0 Å². The fourth-order valence-corrected chi connectivity index (χ4v) is 1.96. The van der Waals surface area contributed by atoms with Crippen LogP contribution in [0.25, 0.3) is 0 Å². The summed E-state index contributed by atoms with van der Waals surface area (Å²) in [4.78, 5) is 11.6. The van der Waals surface area contributed by atoms with E-state index in [-0.39, 0.29) is 11.7 Å². The highest BCUT2D eigenvalue weighted by Gasteiger charge is 2.30. The van der Waals surface area contributed by atoms with E-state index < -0.39 is 6.36 Å². The number of ether oxygens (including phenoxy) is 1. The molecule has 0 aliphatic carbocycles. The molecule has 4 nitrogen and oxygen atoms in total. The number of halogens is 3. The Hall–Kier alpha value is -1.76. The van der Waals surface area contributed by atoms with Crippen molar-refractivity contribution in [2.24, 2.45) is 5.92 Å². The summed E-state index contributed by atoms with van der Waals surface area (Å²) in [7, 11) is 0. The molecule has 2 rings (SSSR count). The van der Waals surface area contributed by atoms with Gasteiger partial charge in [-0.1, -0.05) is 12.1 Å². The summed E-state index contributed by atoms with van der Waals surface area (Å²) in [5, 5.41) is 5.97. The lowest BCUT2D eigenvalue weighted by Gasteiger charge is -2.27. The maximum absolute atomic E-state index is 12.0. The highest BCUT2D eigenvalue weighted by molar-refractivity contribution is 5.76. The molecule has 0 saturated carbocycles. The van der Waals surface area contributed by atoms with Gasteiger partial charge < -0.3 is 15.4 Å². The average molecular weight is 302 g/mol. The Balaban J connectivity index is 1.71. The van der Waals surface area contributed by atoms with Gasteiger partial charge in [0.15, 0.2) is 0 Å².